The zero-order valence-electron chi connectivity index (χ0n) is 11.8. The van der Waals surface area contributed by atoms with Crippen molar-refractivity contribution in [3.63, 3.8) is 0 Å². The van der Waals surface area contributed by atoms with Crippen LogP contribution in [0, 0.1) is 0 Å². The number of hydrogen-bond donors (Lipinski definition) is 0. The van der Waals surface area contributed by atoms with E-state index < -0.39 is 21.5 Å². The van der Waals surface area contributed by atoms with Crippen LogP contribution in [-0.2, 0) is 9.84 Å². The highest BCUT2D eigenvalue weighted by Gasteiger charge is 2.44. The normalized spacial score (nSPS) is 12.6. The van der Waals surface area contributed by atoms with Crippen molar-refractivity contribution >= 4 is 9.84 Å². The third kappa shape index (κ3) is 4.54. The Balaban J connectivity index is 2.55. The van der Waals surface area contributed by atoms with E-state index in [0.717, 1.165) is 25.7 Å². The maximum atomic E-state index is 13.9. The van der Waals surface area contributed by atoms with Crippen LogP contribution in [0.25, 0.3) is 0 Å². The maximum Gasteiger partial charge on any atom is 0.350 e. The molecular formula is C15H22F2O2S. The zero-order valence-corrected chi connectivity index (χ0v) is 12.6. The van der Waals surface area contributed by atoms with Gasteiger partial charge in [-0.3, -0.25) is 0 Å². The Labute approximate surface area is 120 Å². The van der Waals surface area contributed by atoms with Gasteiger partial charge in [0.25, 0.3) is 0 Å². The van der Waals surface area contributed by atoms with Gasteiger partial charge in [0.2, 0.25) is 9.84 Å². The topological polar surface area (TPSA) is 34.1 Å². The molecule has 0 spiro atoms. The van der Waals surface area contributed by atoms with Gasteiger partial charge in [-0.25, -0.2) is 8.42 Å². The molecule has 0 radical (unpaired) electrons. The molecule has 5 heteroatoms. The maximum absolute atomic E-state index is 13.9. The molecule has 0 fully saturated rings. The molecule has 0 heterocycles. The molecule has 114 valence electrons. The first-order valence-corrected chi connectivity index (χ1v) is 8.57. The lowest BCUT2D eigenvalue weighted by Gasteiger charge is -2.17. The molecule has 0 unspecified atom stereocenters. The zero-order chi connectivity index (χ0) is 15.1. The molecule has 0 aliphatic carbocycles. The minimum absolute atomic E-state index is 0.239. The highest BCUT2D eigenvalue weighted by molar-refractivity contribution is 7.92. The van der Waals surface area contributed by atoms with Gasteiger partial charge in [0, 0.05) is 6.42 Å². The Morgan fingerprint density at radius 3 is 2.10 bits per heavy atom. The summed E-state index contributed by atoms with van der Waals surface area (Å²) in [5, 5.41) is -3.68. The monoisotopic (exact) mass is 304 g/mol. The summed E-state index contributed by atoms with van der Waals surface area (Å²) in [7, 11) is -4.57. The van der Waals surface area contributed by atoms with Crippen molar-refractivity contribution in [1.29, 1.82) is 0 Å². The molecule has 0 saturated heterocycles. The van der Waals surface area contributed by atoms with E-state index in [2.05, 4.69) is 6.92 Å². The number of rotatable bonds is 9. The second kappa shape index (κ2) is 7.72. The Kier molecular flexibility index (Phi) is 6.59. The van der Waals surface area contributed by atoms with Gasteiger partial charge >= 0.3 is 5.25 Å². The third-order valence-corrected chi connectivity index (χ3v) is 5.15. The van der Waals surface area contributed by atoms with Gasteiger partial charge in [-0.15, -0.1) is 0 Å². The van der Waals surface area contributed by atoms with Crippen molar-refractivity contribution in [2.75, 3.05) is 0 Å². The molecule has 0 amide bonds. The fourth-order valence-corrected chi connectivity index (χ4v) is 3.29. The molecule has 1 rings (SSSR count). The van der Waals surface area contributed by atoms with Gasteiger partial charge in [-0.05, 0) is 18.6 Å². The lowest BCUT2D eigenvalue weighted by Crippen LogP contribution is -2.28. The average Bonchev–Trinajstić information content (AvgIpc) is 2.43. The van der Waals surface area contributed by atoms with Crippen LogP contribution in [0.3, 0.4) is 0 Å². The molecule has 0 aliphatic rings. The van der Waals surface area contributed by atoms with Gasteiger partial charge in [0.15, 0.2) is 0 Å². The summed E-state index contributed by atoms with van der Waals surface area (Å²) in [6, 6.07) is 6.93. The first-order valence-electron chi connectivity index (χ1n) is 7.09. The van der Waals surface area contributed by atoms with Gasteiger partial charge in [-0.1, -0.05) is 57.2 Å². The van der Waals surface area contributed by atoms with Crippen LogP contribution in [0.2, 0.25) is 0 Å². The molecule has 1 aromatic rings. The summed E-state index contributed by atoms with van der Waals surface area (Å²) in [6.07, 6.45) is 4.39. The van der Waals surface area contributed by atoms with Crippen molar-refractivity contribution in [3.05, 3.63) is 30.3 Å². The molecule has 0 aliphatic heterocycles. The molecule has 0 saturated carbocycles. The fraction of sp³-hybridized carbons (Fsp3) is 0.600. The summed E-state index contributed by atoms with van der Waals surface area (Å²) in [4.78, 5) is -0.309. The lowest BCUT2D eigenvalue weighted by molar-refractivity contribution is 0.0788. The molecular weight excluding hydrogens is 282 g/mol. The molecule has 20 heavy (non-hydrogen) atoms. The van der Waals surface area contributed by atoms with E-state index >= 15 is 0 Å². The Hall–Kier alpha value is -0.970. The summed E-state index contributed by atoms with van der Waals surface area (Å²) < 4.78 is 51.5. The smallest absolute Gasteiger partial charge is 0.217 e. The van der Waals surface area contributed by atoms with E-state index in [9.17, 15) is 17.2 Å². The summed E-state index contributed by atoms with van der Waals surface area (Å²) in [5.74, 6) is 0. The molecule has 0 N–H and O–H groups in total. The summed E-state index contributed by atoms with van der Waals surface area (Å²) in [5.41, 5.74) is 0. The molecule has 0 atom stereocenters. The van der Waals surface area contributed by atoms with E-state index in [1.165, 1.54) is 24.3 Å². The van der Waals surface area contributed by atoms with Crippen LogP contribution in [0.4, 0.5) is 8.78 Å². The number of unbranched alkanes of at least 4 members (excludes halogenated alkanes) is 5. The van der Waals surface area contributed by atoms with Crippen molar-refractivity contribution in [3.8, 4) is 0 Å². The van der Waals surface area contributed by atoms with Crippen LogP contribution in [0.5, 0.6) is 0 Å². The Morgan fingerprint density at radius 2 is 1.50 bits per heavy atom. The average molecular weight is 304 g/mol. The van der Waals surface area contributed by atoms with Gasteiger partial charge in [0.05, 0.1) is 4.90 Å². The quantitative estimate of drug-likeness (QED) is 0.614. The number of benzene rings is 1. The molecule has 2 nitrogen and oxygen atoms in total. The van der Waals surface area contributed by atoms with Crippen molar-refractivity contribution in [2.45, 2.75) is 62.0 Å². The predicted octanol–water partition coefficient (Wildman–Crippen LogP) is 4.80. The molecule has 0 aromatic heterocycles. The molecule has 0 bridgehead atoms. The van der Waals surface area contributed by atoms with Gasteiger partial charge in [0.1, 0.15) is 0 Å². The second-order valence-electron chi connectivity index (χ2n) is 4.97. The SMILES string of the molecule is CCCCCCCCC(F)(F)S(=O)(=O)c1ccccc1. The fourth-order valence-electron chi connectivity index (χ4n) is 2.02. The number of sulfone groups is 1. The largest absolute Gasteiger partial charge is 0.350 e. The second-order valence-corrected chi connectivity index (χ2v) is 7.05. The van der Waals surface area contributed by atoms with Crippen LogP contribution in [0.15, 0.2) is 35.2 Å². The van der Waals surface area contributed by atoms with Crippen molar-refractivity contribution < 1.29 is 17.2 Å². The number of hydrogen-bond acceptors (Lipinski definition) is 2. The lowest BCUT2D eigenvalue weighted by atomic mass is 10.1. The minimum atomic E-state index is -4.57. The first kappa shape index (κ1) is 17.1. The van der Waals surface area contributed by atoms with Crippen molar-refractivity contribution in [1.82, 2.24) is 0 Å². The van der Waals surface area contributed by atoms with Crippen LogP contribution < -0.4 is 0 Å². The predicted molar refractivity (Wildman–Crippen MR) is 76.6 cm³/mol. The van der Waals surface area contributed by atoms with Crippen LogP contribution in [-0.4, -0.2) is 13.7 Å². The van der Waals surface area contributed by atoms with E-state index in [1.807, 2.05) is 0 Å². The Morgan fingerprint density at radius 1 is 0.950 bits per heavy atom. The minimum Gasteiger partial charge on any atom is -0.217 e. The highest BCUT2D eigenvalue weighted by Crippen LogP contribution is 2.33. The standard InChI is InChI=1S/C15H22F2O2S/c1-2-3-4-5-6-10-13-15(16,17)20(18,19)14-11-8-7-9-12-14/h7-9,11-12H,2-6,10,13H2,1H3. The Bertz CT molecular complexity index is 484. The number of halogens is 2. The van der Waals surface area contributed by atoms with E-state index in [0.29, 0.717) is 6.42 Å². The van der Waals surface area contributed by atoms with Gasteiger partial charge in [-0.2, -0.15) is 8.78 Å². The first-order chi connectivity index (χ1) is 9.42. The van der Waals surface area contributed by atoms with E-state index in [-0.39, 0.29) is 11.3 Å². The molecule has 1 aromatic carbocycles. The summed E-state index contributed by atoms with van der Waals surface area (Å²) >= 11 is 0. The van der Waals surface area contributed by atoms with Gasteiger partial charge < -0.3 is 0 Å². The summed E-state index contributed by atoms with van der Waals surface area (Å²) in [6.45, 7) is 2.08. The van der Waals surface area contributed by atoms with Crippen molar-refractivity contribution in [2.24, 2.45) is 0 Å². The van der Waals surface area contributed by atoms with Crippen LogP contribution in [0.1, 0.15) is 51.9 Å². The third-order valence-electron chi connectivity index (χ3n) is 3.27. The highest BCUT2D eigenvalue weighted by atomic mass is 32.2. The van der Waals surface area contributed by atoms with Crippen LogP contribution >= 0.6 is 0 Å². The van der Waals surface area contributed by atoms with E-state index in [4.69, 9.17) is 0 Å². The number of alkyl halides is 2. The van der Waals surface area contributed by atoms with E-state index in [1.54, 1.807) is 6.07 Å².